The molecular formula is C18H27N3O3. The topological polar surface area (TPSA) is 87.3 Å². The lowest BCUT2D eigenvalue weighted by atomic mass is 10.0. The molecule has 1 rings (SSSR count). The zero-order valence-electron chi connectivity index (χ0n) is 15.0. The van der Waals surface area contributed by atoms with E-state index in [1.165, 1.54) is 0 Å². The van der Waals surface area contributed by atoms with Gasteiger partial charge >= 0.3 is 0 Å². The number of benzene rings is 1. The van der Waals surface area contributed by atoms with E-state index >= 15 is 0 Å². The van der Waals surface area contributed by atoms with Gasteiger partial charge in [0.15, 0.2) is 0 Å². The Kier molecular flexibility index (Phi) is 7.42. The van der Waals surface area contributed by atoms with Crippen molar-refractivity contribution < 1.29 is 14.4 Å². The Hall–Kier alpha value is -2.37. The largest absolute Gasteiger partial charge is 0.352 e. The van der Waals surface area contributed by atoms with Crippen LogP contribution in [0, 0.1) is 12.8 Å². The van der Waals surface area contributed by atoms with E-state index in [9.17, 15) is 14.4 Å². The Morgan fingerprint density at radius 1 is 1.04 bits per heavy atom. The Labute approximate surface area is 143 Å². The summed E-state index contributed by atoms with van der Waals surface area (Å²) >= 11 is 0. The van der Waals surface area contributed by atoms with Crippen molar-refractivity contribution in [1.82, 2.24) is 16.0 Å². The van der Waals surface area contributed by atoms with E-state index in [-0.39, 0.29) is 36.2 Å². The van der Waals surface area contributed by atoms with Gasteiger partial charge in [-0.1, -0.05) is 31.5 Å². The van der Waals surface area contributed by atoms with Gasteiger partial charge in [0.05, 0.1) is 6.54 Å². The van der Waals surface area contributed by atoms with Crippen LogP contribution in [-0.2, 0) is 9.59 Å². The van der Waals surface area contributed by atoms with E-state index in [1.54, 1.807) is 18.2 Å². The van der Waals surface area contributed by atoms with Crippen LogP contribution in [0.15, 0.2) is 24.3 Å². The molecule has 0 fully saturated rings. The molecule has 6 nitrogen and oxygen atoms in total. The van der Waals surface area contributed by atoms with Gasteiger partial charge in [-0.15, -0.1) is 0 Å². The second-order valence-corrected chi connectivity index (χ2v) is 6.50. The molecular weight excluding hydrogens is 306 g/mol. The van der Waals surface area contributed by atoms with Gasteiger partial charge in [-0.3, -0.25) is 14.4 Å². The average molecular weight is 333 g/mol. The van der Waals surface area contributed by atoms with E-state index in [2.05, 4.69) is 16.0 Å². The van der Waals surface area contributed by atoms with Crippen molar-refractivity contribution in [3.8, 4) is 0 Å². The molecule has 0 aliphatic carbocycles. The van der Waals surface area contributed by atoms with Crippen molar-refractivity contribution in [3.05, 3.63) is 35.4 Å². The molecule has 0 aliphatic heterocycles. The lowest BCUT2D eigenvalue weighted by Crippen LogP contribution is -2.51. The smallest absolute Gasteiger partial charge is 0.251 e. The fourth-order valence-corrected chi connectivity index (χ4v) is 2.20. The molecule has 1 aromatic carbocycles. The highest BCUT2D eigenvalue weighted by atomic mass is 16.2. The number of rotatable bonds is 7. The van der Waals surface area contributed by atoms with E-state index < -0.39 is 6.04 Å². The predicted octanol–water partition coefficient (Wildman–Crippen LogP) is 1.39. The number of carbonyl (C=O) groups is 3. The van der Waals surface area contributed by atoms with Crippen LogP contribution in [0.1, 0.15) is 43.6 Å². The summed E-state index contributed by atoms with van der Waals surface area (Å²) in [6.07, 6.45) is 0. The fraction of sp³-hybridized carbons (Fsp3) is 0.500. The number of nitrogens with one attached hydrogen (secondary N) is 3. The fourth-order valence-electron chi connectivity index (χ4n) is 2.20. The van der Waals surface area contributed by atoms with Crippen LogP contribution < -0.4 is 16.0 Å². The van der Waals surface area contributed by atoms with Crippen LogP contribution in [0.4, 0.5) is 0 Å². The third-order valence-corrected chi connectivity index (χ3v) is 3.39. The molecule has 0 saturated carbocycles. The zero-order valence-corrected chi connectivity index (χ0v) is 15.0. The van der Waals surface area contributed by atoms with Gasteiger partial charge in [0.25, 0.3) is 5.91 Å². The van der Waals surface area contributed by atoms with Gasteiger partial charge in [-0.05, 0) is 38.8 Å². The van der Waals surface area contributed by atoms with Crippen molar-refractivity contribution >= 4 is 17.7 Å². The first-order valence-corrected chi connectivity index (χ1v) is 8.15. The van der Waals surface area contributed by atoms with E-state index in [4.69, 9.17) is 0 Å². The molecule has 0 spiro atoms. The third-order valence-electron chi connectivity index (χ3n) is 3.39. The molecule has 0 saturated heterocycles. The maximum atomic E-state index is 12.3. The van der Waals surface area contributed by atoms with Gasteiger partial charge in [-0.25, -0.2) is 0 Å². The molecule has 1 unspecified atom stereocenters. The van der Waals surface area contributed by atoms with Crippen LogP contribution in [-0.4, -0.2) is 36.3 Å². The standard InChI is InChI=1S/C18H27N3O3/c1-11(2)16(18(24)19-10-15(22)20-12(3)4)21-17(23)14-8-6-7-13(5)9-14/h6-9,11-12,16H,10H2,1-5H3,(H,19,24)(H,20,22)(H,21,23). The summed E-state index contributed by atoms with van der Waals surface area (Å²) in [5, 5.41) is 8.01. The minimum Gasteiger partial charge on any atom is -0.352 e. The van der Waals surface area contributed by atoms with Crippen LogP contribution in [0.25, 0.3) is 0 Å². The minimum absolute atomic E-state index is 0.0105. The first-order chi connectivity index (χ1) is 11.2. The predicted molar refractivity (Wildman–Crippen MR) is 93.6 cm³/mol. The number of carbonyl (C=O) groups excluding carboxylic acids is 3. The number of amides is 3. The van der Waals surface area contributed by atoms with Crippen LogP contribution in [0.2, 0.25) is 0 Å². The highest BCUT2D eigenvalue weighted by Gasteiger charge is 2.25. The quantitative estimate of drug-likeness (QED) is 0.705. The molecule has 0 heterocycles. The van der Waals surface area contributed by atoms with E-state index in [0.717, 1.165) is 5.56 Å². The van der Waals surface area contributed by atoms with Gasteiger partial charge in [-0.2, -0.15) is 0 Å². The van der Waals surface area contributed by atoms with Crippen molar-refractivity contribution in [2.24, 2.45) is 5.92 Å². The summed E-state index contributed by atoms with van der Waals surface area (Å²) in [5.41, 5.74) is 1.48. The second kappa shape index (κ2) is 9.05. The highest BCUT2D eigenvalue weighted by Crippen LogP contribution is 2.07. The summed E-state index contributed by atoms with van der Waals surface area (Å²) in [6.45, 7) is 9.17. The first kappa shape index (κ1) is 19.7. The number of hydrogen-bond acceptors (Lipinski definition) is 3. The van der Waals surface area contributed by atoms with Crippen molar-refractivity contribution in [2.75, 3.05) is 6.54 Å². The molecule has 0 radical (unpaired) electrons. The number of aryl methyl sites for hydroxylation is 1. The lowest BCUT2D eigenvalue weighted by Gasteiger charge is -2.22. The summed E-state index contributed by atoms with van der Waals surface area (Å²) in [5.74, 6) is -1.04. The van der Waals surface area contributed by atoms with Crippen molar-refractivity contribution in [2.45, 2.75) is 46.7 Å². The highest BCUT2D eigenvalue weighted by molar-refractivity contribution is 5.98. The maximum absolute atomic E-state index is 12.3. The normalized spacial score (nSPS) is 12.0. The SMILES string of the molecule is Cc1cccc(C(=O)NC(C(=O)NCC(=O)NC(C)C)C(C)C)c1. The molecule has 6 heteroatoms. The monoisotopic (exact) mass is 333 g/mol. The summed E-state index contributed by atoms with van der Waals surface area (Å²) < 4.78 is 0. The lowest BCUT2D eigenvalue weighted by molar-refractivity contribution is -0.128. The van der Waals surface area contributed by atoms with Crippen molar-refractivity contribution in [1.29, 1.82) is 0 Å². The zero-order chi connectivity index (χ0) is 18.3. The van der Waals surface area contributed by atoms with E-state index in [0.29, 0.717) is 5.56 Å². The average Bonchev–Trinajstić information content (AvgIpc) is 2.49. The van der Waals surface area contributed by atoms with Crippen molar-refractivity contribution in [3.63, 3.8) is 0 Å². The van der Waals surface area contributed by atoms with E-state index in [1.807, 2.05) is 40.7 Å². The maximum Gasteiger partial charge on any atom is 0.251 e. The second-order valence-electron chi connectivity index (χ2n) is 6.50. The first-order valence-electron chi connectivity index (χ1n) is 8.15. The van der Waals surface area contributed by atoms with Gasteiger partial charge in [0.2, 0.25) is 11.8 Å². The van der Waals surface area contributed by atoms with Crippen LogP contribution in [0.3, 0.4) is 0 Å². The molecule has 1 aromatic rings. The van der Waals surface area contributed by atoms with Crippen LogP contribution in [0.5, 0.6) is 0 Å². The minimum atomic E-state index is -0.704. The molecule has 0 bridgehead atoms. The molecule has 1 atom stereocenters. The third kappa shape index (κ3) is 6.40. The molecule has 3 amide bonds. The number of hydrogen-bond donors (Lipinski definition) is 3. The molecule has 132 valence electrons. The Morgan fingerprint density at radius 3 is 2.25 bits per heavy atom. The Bertz CT molecular complexity index is 597. The summed E-state index contributed by atoms with van der Waals surface area (Å²) in [6, 6.07) is 6.47. The molecule has 0 aromatic heterocycles. The van der Waals surface area contributed by atoms with Crippen LogP contribution >= 0.6 is 0 Å². The Morgan fingerprint density at radius 2 is 1.71 bits per heavy atom. The van der Waals surface area contributed by atoms with Gasteiger partial charge < -0.3 is 16.0 Å². The molecule has 3 N–H and O–H groups in total. The Balaban J connectivity index is 2.67. The summed E-state index contributed by atoms with van der Waals surface area (Å²) in [4.78, 5) is 36.3. The van der Waals surface area contributed by atoms with Gasteiger partial charge in [0.1, 0.15) is 6.04 Å². The molecule has 24 heavy (non-hydrogen) atoms. The summed E-state index contributed by atoms with van der Waals surface area (Å²) in [7, 11) is 0. The molecule has 0 aliphatic rings. The van der Waals surface area contributed by atoms with Gasteiger partial charge in [0, 0.05) is 11.6 Å².